The van der Waals surface area contributed by atoms with E-state index in [-0.39, 0.29) is 0 Å². The van der Waals surface area contributed by atoms with Crippen LogP contribution in [-0.4, -0.2) is 0 Å². The van der Waals surface area contributed by atoms with Crippen molar-refractivity contribution in [3.05, 3.63) is 120 Å². The summed E-state index contributed by atoms with van der Waals surface area (Å²) < 4.78 is 0. The van der Waals surface area contributed by atoms with Gasteiger partial charge in [0.05, 0.1) is 0 Å². The molecule has 0 radical (unpaired) electrons. The molecule has 0 unspecified atom stereocenters. The van der Waals surface area contributed by atoms with Crippen LogP contribution in [-0.2, 0) is 0 Å². The molecule has 7 aromatic rings. The molecule has 0 aliphatic rings. The zero-order chi connectivity index (χ0) is 22.8. The molecule has 7 aromatic carbocycles. The van der Waals surface area contributed by atoms with Gasteiger partial charge in [0.1, 0.15) is 0 Å². The van der Waals surface area contributed by atoms with Crippen LogP contribution < -0.4 is 0 Å². The molecule has 0 aliphatic heterocycles. The van der Waals surface area contributed by atoms with Crippen LogP contribution in [0.25, 0.3) is 65.3 Å². The maximum atomic E-state index is 2.34. The normalized spacial score (nSPS) is 11.8. The molecule has 0 aromatic heterocycles. The lowest BCUT2D eigenvalue weighted by Gasteiger charge is -2.19. The number of fused-ring (bicyclic) bond motifs is 2. The second kappa shape index (κ2) is 7.17. The third-order valence-corrected chi connectivity index (χ3v) is 7.53. The molecule has 0 aliphatic carbocycles. The highest BCUT2D eigenvalue weighted by Crippen LogP contribution is 2.45. The fraction of sp³-hybridized carbons (Fsp3) is 0.0588. The van der Waals surface area contributed by atoms with Gasteiger partial charge in [-0.3, -0.25) is 0 Å². The van der Waals surface area contributed by atoms with Crippen molar-refractivity contribution in [2.75, 3.05) is 0 Å². The molecule has 0 N–H and O–H groups in total. The SMILES string of the molecule is Cc1ccccc1-c1ccc2c3cccc4c(-c5ccccc5C)ccc(c5cccc1c52)c43. The van der Waals surface area contributed by atoms with Crippen molar-refractivity contribution >= 4 is 43.1 Å². The summed E-state index contributed by atoms with van der Waals surface area (Å²) in [5.41, 5.74) is 7.86. The summed E-state index contributed by atoms with van der Waals surface area (Å²) in [5.74, 6) is 0. The van der Waals surface area contributed by atoms with Crippen molar-refractivity contribution in [2.45, 2.75) is 13.8 Å². The summed E-state index contributed by atoms with van der Waals surface area (Å²) in [4.78, 5) is 0. The van der Waals surface area contributed by atoms with Crippen molar-refractivity contribution in [1.82, 2.24) is 0 Å². The van der Waals surface area contributed by atoms with Crippen LogP contribution in [0.15, 0.2) is 109 Å². The van der Waals surface area contributed by atoms with E-state index in [4.69, 9.17) is 0 Å². The average molecular weight is 433 g/mol. The van der Waals surface area contributed by atoms with Crippen molar-refractivity contribution in [1.29, 1.82) is 0 Å². The predicted octanol–water partition coefficient (Wildman–Crippen LogP) is 9.69. The second-order valence-electron chi connectivity index (χ2n) is 9.41. The zero-order valence-corrected chi connectivity index (χ0v) is 19.4. The smallest absolute Gasteiger partial charge is 0.00201 e. The minimum Gasteiger partial charge on any atom is -0.0620 e. The molecule has 0 saturated carbocycles. The fourth-order valence-electron chi connectivity index (χ4n) is 5.93. The van der Waals surface area contributed by atoms with Crippen molar-refractivity contribution in [3.8, 4) is 22.3 Å². The maximum absolute atomic E-state index is 2.34. The summed E-state index contributed by atoms with van der Waals surface area (Å²) in [7, 11) is 0. The van der Waals surface area contributed by atoms with Gasteiger partial charge in [-0.2, -0.15) is 0 Å². The Labute approximate surface area is 199 Å². The molecule has 0 saturated heterocycles. The lowest BCUT2D eigenvalue weighted by Crippen LogP contribution is -1.92. The molecule has 0 spiro atoms. The monoisotopic (exact) mass is 432 g/mol. The van der Waals surface area contributed by atoms with E-state index < -0.39 is 0 Å². The lowest BCUT2D eigenvalue weighted by atomic mass is 9.84. The average Bonchev–Trinajstić information content (AvgIpc) is 2.88. The van der Waals surface area contributed by atoms with E-state index in [1.54, 1.807) is 0 Å². The number of hydrogen-bond acceptors (Lipinski definition) is 0. The first-order valence-electron chi connectivity index (χ1n) is 12.0. The Morgan fingerprint density at radius 3 is 1.12 bits per heavy atom. The molecular weight excluding hydrogens is 408 g/mol. The summed E-state index contributed by atoms with van der Waals surface area (Å²) >= 11 is 0. The molecule has 0 heterocycles. The van der Waals surface area contributed by atoms with Crippen LogP contribution in [0.2, 0.25) is 0 Å². The highest BCUT2D eigenvalue weighted by molar-refractivity contribution is 6.35. The van der Waals surface area contributed by atoms with Gasteiger partial charge in [-0.05, 0) is 90.3 Å². The Balaban J connectivity index is 1.65. The van der Waals surface area contributed by atoms with Gasteiger partial charge in [-0.1, -0.05) is 109 Å². The molecule has 0 nitrogen and oxygen atoms in total. The van der Waals surface area contributed by atoms with E-state index in [0.29, 0.717) is 0 Å². The Kier molecular flexibility index (Phi) is 4.07. The minimum atomic E-state index is 1.31. The van der Waals surface area contributed by atoms with E-state index in [2.05, 4.69) is 123 Å². The van der Waals surface area contributed by atoms with Crippen molar-refractivity contribution in [2.24, 2.45) is 0 Å². The van der Waals surface area contributed by atoms with Crippen LogP contribution in [0, 0.1) is 13.8 Å². The summed E-state index contributed by atoms with van der Waals surface area (Å²) in [6.07, 6.45) is 0. The molecule has 7 rings (SSSR count). The standard InChI is InChI=1S/C34H24/c1-21-9-3-5-11-23(21)25-17-19-31-30-16-8-14-28-26(24-12-6-4-10-22(24)2)18-20-32(34(28)30)29-15-7-13-27(25)33(29)31/h3-20H,1-2H3. The predicted molar refractivity (Wildman–Crippen MR) is 148 cm³/mol. The van der Waals surface area contributed by atoms with E-state index in [1.807, 2.05) is 0 Å². The molecule has 0 amide bonds. The van der Waals surface area contributed by atoms with Gasteiger partial charge >= 0.3 is 0 Å². The van der Waals surface area contributed by atoms with Gasteiger partial charge < -0.3 is 0 Å². The van der Waals surface area contributed by atoms with Gasteiger partial charge in [0, 0.05) is 0 Å². The second-order valence-corrected chi connectivity index (χ2v) is 9.41. The molecule has 0 heteroatoms. The highest BCUT2D eigenvalue weighted by atomic mass is 14.2. The molecular formula is C34H24. The molecule has 0 bridgehead atoms. The summed E-state index contributed by atoms with van der Waals surface area (Å²) in [6, 6.07) is 40.3. The summed E-state index contributed by atoms with van der Waals surface area (Å²) in [5, 5.41) is 10.7. The highest BCUT2D eigenvalue weighted by Gasteiger charge is 2.17. The van der Waals surface area contributed by atoms with Gasteiger partial charge in [0.25, 0.3) is 0 Å². The number of aryl methyl sites for hydroxylation is 2. The first kappa shape index (κ1) is 19.3. The van der Waals surface area contributed by atoms with Gasteiger partial charge in [-0.15, -0.1) is 0 Å². The zero-order valence-electron chi connectivity index (χ0n) is 19.4. The number of benzene rings is 7. The topological polar surface area (TPSA) is 0 Å². The Morgan fingerprint density at radius 2 is 0.676 bits per heavy atom. The van der Waals surface area contributed by atoms with Crippen LogP contribution in [0.3, 0.4) is 0 Å². The third kappa shape index (κ3) is 2.60. The van der Waals surface area contributed by atoms with Gasteiger partial charge in [-0.25, -0.2) is 0 Å². The minimum absolute atomic E-state index is 1.31. The largest absolute Gasteiger partial charge is 0.0620 e. The number of rotatable bonds is 2. The Morgan fingerprint density at radius 1 is 0.294 bits per heavy atom. The first-order chi connectivity index (χ1) is 16.7. The molecule has 160 valence electrons. The first-order valence-corrected chi connectivity index (χ1v) is 12.0. The van der Waals surface area contributed by atoms with E-state index in [1.165, 1.54) is 76.5 Å². The third-order valence-electron chi connectivity index (χ3n) is 7.53. The molecule has 0 fully saturated rings. The van der Waals surface area contributed by atoms with Crippen LogP contribution in [0.4, 0.5) is 0 Å². The molecule has 34 heavy (non-hydrogen) atoms. The van der Waals surface area contributed by atoms with Crippen molar-refractivity contribution < 1.29 is 0 Å². The quantitative estimate of drug-likeness (QED) is 0.188. The maximum Gasteiger partial charge on any atom is -0.00201 e. The van der Waals surface area contributed by atoms with Crippen molar-refractivity contribution in [3.63, 3.8) is 0 Å². The van der Waals surface area contributed by atoms with Crippen LogP contribution >= 0.6 is 0 Å². The number of hydrogen-bond donors (Lipinski definition) is 0. The van der Waals surface area contributed by atoms with Gasteiger partial charge in [0.15, 0.2) is 0 Å². The van der Waals surface area contributed by atoms with Crippen LogP contribution in [0.5, 0.6) is 0 Å². The Hall–Kier alpha value is -4.16. The lowest BCUT2D eigenvalue weighted by molar-refractivity contribution is 1.47. The van der Waals surface area contributed by atoms with E-state index in [0.717, 1.165) is 0 Å². The van der Waals surface area contributed by atoms with E-state index in [9.17, 15) is 0 Å². The van der Waals surface area contributed by atoms with E-state index >= 15 is 0 Å². The van der Waals surface area contributed by atoms with Gasteiger partial charge in [0.2, 0.25) is 0 Å². The fourth-order valence-corrected chi connectivity index (χ4v) is 5.93. The summed E-state index contributed by atoms with van der Waals surface area (Å²) in [6.45, 7) is 4.40. The Bertz CT molecular complexity index is 1710. The van der Waals surface area contributed by atoms with Crippen LogP contribution in [0.1, 0.15) is 11.1 Å². The molecule has 0 atom stereocenters.